The van der Waals surface area contributed by atoms with E-state index in [9.17, 15) is 4.79 Å². The van der Waals surface area contributed by atoms with Crippen molar-refractivity contribution in [3.63, 3.8) is 0 Å². The number of nitrogens with zero attached hydrogens (tertiary/aromatic N) is 1. The zero-order valence-corrected chi connectivity index (χ0v) is 17.1. The van der Waals surface area contributed by atoms with Gasteiger partial charge < -0.3 is 9.47 Å². The highest BCUT2D eigenvalue weighted by Gasteiger charge is 2.03. The van der Waals surface area contributed by atoms with Crippen LogP contribution in [0.25, 0.3) is 0 Å². The smallest absolute Gasteiger partial charge is 0.277 e. The van der Waals surface area contributed by atoms with E-state index in [2.05, 4.69) is 33.4 Å². The first-order valence-corrected chi connectivity index (χ1v) is 9.90. The lowest BCUT2D eigenvalue weighted by atomic mass is 10.2. The van der Waals surface area contributed by atoms with Gasteiger partial charge in [0.25, 0.3) is 5.91 Å². The number of benzene rings is 2. The molecule has 2 rings (SSSR count). The number of hydrazone groups is 1. The van der Waals surface area contributed by atoms with Crippen LogP contribution in [0.4, 0.5) is 0 Å². The van der Waals surface area contributed by atoms with Gasteiger partial charge in [-0.3, -0.25) is 4.79 Å². The number of hydrogen-bond acceptors (Lipinski definition) is 4. The van der Waals surface area contributed by atoms with E-state index in [4.69, 9.17) is 9.47 Å². The van der Waals surface area contributed by atoms with E-state index in [-0.39, 0.29) is 12.5 Å². The standard InChI is InChI=1S/C21H25BrN2O3/c1-2-3-4-7-13-26-20-12-6-5-9-17(20)15-23-24-21(25)16-27-19-11-8-10-18(22)14-19/h5-6,8-12,14-15H,2-4,7,13,16H2,1H3,(H,24,25)/b23-15-. The first kappa shape index (κ1) is 21.0. The number of nitrogens with one attached hydrogen (secondary N) is 1. The summed E-state index contributed by atoms with van der Waals surface area (Å²) in [6, 6.07) is 14.9. The van der Waals surface area contributed by atoms with Crippen molar-refractivity contribution in [3.8, 4) is 11.5 Å². The Kier molecular flexibility index (Phi) is 9.41. The Morgan fingerprint density at radius 2 is 1.96 bits per heavy atom. The summed E-state index contributed by atoms with van der Waals surface area (Å²) in [6.07, 6.45) is 6.21. The number of carbonyl (C=O) groups is 1. The molecule has 0 saturated carbocycles. The van der Waals surface area contributed by atoms with Crippen LogP contribution in [0.1, 0.15) is 38.2 Å². The van der Waals surface area contributed by atoms with Crippen LogP contribution < -0.4 is 14.9 Å². The number of halogens is 1. The molecule has 0 atom stereocenters. The quantitative estimate of drug-likeness (QED) is 0.310. The minimum atomic E-state index is -0.329. The first-order valence-electron chi connectivity index (χ1n) is 9.11. The fraction of sp³-hybridized carbons (Fsp3) is 0.333. The predicted octanol–water partition coefficient (Wildman–Crippen LogP) is 4.94. The summed E-state index contributed by atoms with van der Waals surface area (Å²) in [5.41, 5.74) is 3.29. The average molecular weight is 433 g/mol. The molecule has 1 N–H and O–H groups in total. The van der Waals surface area contributed by atoms with Crippen molar-refractivity contribution >= 4 is 28.1 Å². The topological polar surface area (TPSA) is 59.9 Å². The molecule has 0 radical (unpaired) electrons. The van der Waals surface area contributed by atoms with Crippen LogP contribution in [0.2, 0.25) is 0 Å². The molecule has 6 heteroatoms. The fourth-order valence-electron chi connectivity index (χ4n) is 2.34. The number of hydrogen-bond donors (Lipinski definition) is 1. The maximum absolute atomic E-state index is 11.9. The zero-order chi connectivity index (χ0) is 19.3. The second-order valence-corrected chi connectivity index (χ2v) is 6.90. The number of para-hydroxylation sites is 1. The molecular weight excluding hydrogens is 408 g/mol. The van der Waals surface area contributed by atoms with Crippen molar-refractivity contribution in [2.45, 2.75) is 32.6 Å². The van der Waals surface area contributed by atoms with Gasteiger partial charge in [0, 0.05) is 10.0 Å². The second-order valence-electron chi connectivity index (χ2n) is 5.99. The maximum Gasteiger partial charge on any atom is 0.277 e. The Morgan fingerprint density at radius 1 is 1.11 bits per heavy atom. The molecule has 0 aromatic heterocycles. The largest absolute Gasteiger partial charge is 0.493 e. The van der Waals surface area contributed by atoms with Gasteiger partial charge >= 0.3 is 0 Å². The maximum atomic E-state index is 11.9. The molecule has 1 amide bonds. The molecule has 2 aromatic carbocycles. The van der Waals surface area contributed by atoms with Gasteiger partial charge in [0.1, 0.15) is 11.5 Å². The van der Waals surface area contributed by atoms with Gasteiger partial charge in [-0.1, -0.05) is 60.3 Å². The normalized spacial score (nSPS) is 10.7. The van der Waals surface area contributed by atoms with Crippen LogP contribution in [0.3, 0.4) is 0 Å². The predicted molar refractivity (Wildman–Crippen MR) is 111 cm³/mol. The molecule has 27 heavy (non-hydrogen) atoms. The van der Waals surface area contributed by atoms with Crippen molar-refractivity contribution < 1.29 is 14.3 Å². The van der Waals surface area contributed by atoms with Crippen molar-refractivity contribution in [3.05, 3.63) is 58.6 Å². The molecule has 2 aromatic rings. The Bertz CT molecular complexity index is 750. The third-order valence-corrected chi connectivity index (χ3v) is 4.23. The molecule has 0 spiro atoms. The molecule has 0 unspecified atom stereocenters. The van der Waals surface area contributed by atoms with Crippen molar-refractivity contribution in [1.82, 2.24) is 5.43 Å². The zero-order valence-electron chi connectivity index (χ0n) is 15.5. The molecule has 0 aliphatic heterocycles. The van der Waals surface area contributed by atoms with E-state index in [1.807, 2.05) is 36.4 Å². The molecule has 144 valence electrons. The van der Waals surface area contributed by atoms with Gasteiger partial charge in [-0.15, -0.1) is 0 Å². The van der Waals surface area contributed by atoms with E-state index in [1.54, 1.807) is 18.3 Å². The van der Waals surface area contributed by atoms with E-state index in [1.165, 1.54) is 19.3 Å². The van der Waals surface area contributed by atoms with Crippen LogP contribution in [0, 0.1) is 0 Å². The number of unbranched alkanes of at least 4 members (excludes halogenated alkanes) is 3. The summed E-state index contributed by atoms with van der Waals surface area (Å²) >= 11 is 3.36. The lowest BCUT2D eigenvalue weighted by Crippen LogP contribution is -2.24. The van der Waals surface area contributed by atoms with Crippen LogP contribution >= 0.6 is 15.9 Å². The van der Waals surface area contributed by atoms with Crippen LogP contribution in [-0.4, -0.2) is 25.3 Å². The third kappa shape index (κ3) is 8.26. The minimum absolute atomic E-state index is 0.108. The summed E-state index contributed by atoms with van der Waals surface area (Å²) in [5.74, 6) is 1.05. The molecule has 0 aliphatic rings. The minimum Gasteiger partial charge on any atom is -0.493 e. The van der Waals surface area contributed by atoms with Gasteiger partial charge in [0.05, 0.1) is 12.8 Å². The first-order chi connectivity index (χ1) is 13.2. The lowest BCUT2D eigenvalue weighted by Gasteiger charge is -2.08. The van der Waals surface area contributed by atoms with E-state index in [0.29, 0.717) is 12.4 Å². The molecule has 0 aliphatic carbocycles. The molecule has 0 saturated heterocycles. The summed E-state index contributed by atoms with van der Waals surface area (Å²) in [7, 11) is 0. The fourth-order valence-corrected chi connectivity index (χ4v) is 2.72. The highest BCUT2D eigenvalue weighted by atomic mass is 79.9. The van der Waals surface area contributed by atoms with E-state index in [0.717, 1.165) is 22.2 Å². The number of amides is 1. The lowest BCUT2D eigenvalue weighted by molar-refractivity contribution is -0.123. The van der Waals surface area contributed by atoms with Gasteiger partial charge in [-0.25, -0.2) is 5.43 Å². The SMILES string of the molecule is CCCCCCOc1ccccc1/C=N\NC(=O)COc1cccc(Br)c1. The molecule has 0 bridgehead atoms. The average Bonchev–Trinajstić information content (AvgIpc) is 2.67. The van der Waals surface area contributed by atoms with Crippen molar-refractivity contribution in [1.29, 1.82) is 0 Å². The Balaban J connectivity index is 1.78. The van der Waals surface area contributed by atoms with Gasteiger partial charge in [0.15, 0.2) is 6.61 Å². The molecule has 0 heterocycles. The summed E-state index contributed by atoms with van der Waals surface area (Å²) in [6.45, 7) is 2.76. The van der Waals surface area contributed by atoms with E-state index >= 15 is 0 Å². The second kappa shape index (κ2) is 12.1. The van der Waals surface area contributed by atoms with Crippen molar-refractivity contribution in [2.24, 2.45) is 5.10 Å². The summed E-state index contributed by atoms with van der Waals surface area (Å²) in [5, 5.41) is 4.00. The molecule has 0 fully saturated rings. The van der Waals surface area contributed by atoms with Crippen LogP contribution in [0.15, 0.2) is 58.1 Å². The number of rotatable bonds is 11. The highest BCUT2D eigenvalue weighted by molar-refractivity contribution is 9.10. The molecular formula is C21H25BrN2O3. The van der Waals surface area contributed by atoms with Crippen LogP contribution in [-0.2, 0) is 4.79 Å². The Labute approximate surface area is 168 Å². The summed E-state index contributed by atoms with van der Waals surface area (Å²) < 4.78 is 12.1. The third-order valence-electron chi connectivity index (χ3n) is 3.73. The van der Waals surface area contributed by atoms with E-state index < -0.39 is 0 Å². The van der Waals surface area contributed by atoms with Gasteiger partial charge in [0.2, 0.25) is 0 Å². The van der Waals surface area contributed by atoms with Gasteiger partial charge in [-0.2, -0.15) is 5.10 Å². The Hall–Kier alpha value is -2.34. The van der Waals surface area contributed by atoms with Crippen LogP contribution in [0.5, 0.6) is 11.5 Å². The van der Waals surface area contributed by atoms with Crippen molar-refractivity contribution in [2.75, 3.05) is 13.2 Å². The summed E-state index contributed by atoms with van der Waals surface area (Å²) in [4.78, 5) is 11.9. The monoisotopic (exact) mass is 432 g/mol. The number of carbonyl (C=O) groups excluding carboxylic acids is 1. The molecule has 5 nitrogen and oxygen atoms in total. The Morgan fingerprint density at radius 3 is 2.78 bits per heavy atom. The van der Waals surface area contributed by atoms with Gasteiger partial charge in [-0.05, 0) is 36.8 Å². The highest BCUT2D eigenvalue weighted by Crippen LogP contribution is 2.18. The number of ether oxygens (including phenoxy) is 2.